The van der Waals surface area contributed by atoms with E-state index in [0.29, 0.717) is 19.4 Å². The van der Waals surface area contributed by atoms with Crippen LogP contribution in [-0.4, -0.2) is 42.9 Å². The van der Waals surface area contributed by atoms with E-state index in [9.17, 15) is 18.3 Å². The maximum absolute atomic E-state index is 13.3. The fourth-order valence-corrected chi connectivity index (χ4v) is 5.60. The van der Waals surface area contributed by atoms with Crippen molar-refractivity contribution in [2.75, 3.05) is 12.8 Å². The molecule has 1 fully saturated rings. The second kappa shape index (κ2) is 9.71. The van der Waals surface area contributed by atoms with E-state index in [4.69, 9.17) is 4.74 Å². The number of benzene rings is 3. The summed E-state index contributed by atoms with van der Waals surface area (Å²) in [7, 11) is -3.29. The van der Waals surface area contributed by atoms with Crippen LogP contribution in [0.25, 0.3) is 11.1 Å². The molecule has 4 rings (SSSR count). The molecule has 0 saturated carbocycles. The molecule has 2 atom stereocenters. The average molecular weight is 508 g/mol. The molecule has 0 radical (unpaired) electrons. The first-order valence-electron chi connectivity index (χ1n) is 12.1. The topological polar surface area (TPSA) is 83.9 Å². The van der Waals surface area contributed by atoms with E-state index >= 15 is 0 Å². The maximum atomic E-state index is 13.3. The van der Waals surface area contributed by atoms with Gasteiger partial charge in [-0.3, -0.25) is 0 Å². The molecule has 0 bridgehead atoms. The van der Waals surface area contributed by atoms with Crippen LogP contribution < -0.4 is 0 Å². The van der Waals surface area contributed by atoms with Gasteiger partial charge in [-0.25, -0.2) is 13.2 Å². The number of carbonyl (C=O) groups is 1. The maximum Gasteiger partial charge on any atom is 0.411 e. The van der Waals surface area contributed by atoms with E-state index in [-0.39, 0.29) is 10.9 Å². The van der Waals surface area contributed by atoms with E-state index < -0.39 is 27.1 Å². The number of sulfone groups is 1. The minimum atomic E-state index is -3.29. The summed E-state index contributed by atoms with van der Waals surface area (Å²) in [6, 6.07) is 24.1. The van der Waals surface area contributed by atoms with E-state index in [1.807, 2.05) is 67.6 Å². The Morgan fingerprint density at radius 1 is 1.00 bits per heavy atom. The summed E-state index contributed by atoms with van der Waals surface area (Å²) in [4.78, 5) is 15.3. The van der Waals surface area contributed by atoms with Crippen molar-refractivity contribution in [2.45, 2.75) is 55.8 Å². The Morgan fingerprint density at radius 3 is 2.25 bits per heavy atom. The predicted molar refractivity (Wildman–Crippen MR) is 140 cm³/mol. The fourth-order valence-electron chi connectivity index (χ4n) is 4.93. The smallest absolute Gasteiger partial charge is 0.411 e. The SMILES string of the molecule is CC(c1ccc(-c2cccc(S(C)(=O)=O)c2)cc1)N1CCC(CC(C)(C)O)(c2ccccc2)OC1=O. The van der Waals surface area contributed by atoms with E-state index in [2.05, 4.69) is 0 Å². The summed E-state index contributed by atoms with van der Waals surface area (Å²) in [5.41, 5.74) is 1.65. The van der Waals surface area contributed by atoms with Crippen molar-refractivity contribution < 1.29 is 23.1 Å². The molecule has 3 aromatic rings. The fraction of sp³-hybridized carbons (Fsp3) is 0.345. The molecule has 0 aliphatic carbocycles. The molecule has 1 aliphatic rings. The zero-order chi connectivity index (χ0) is 26.1. The standard InChI is InChI=1S/C29H33NO5S/c1-21(22-13-15-23(16-14-22)24-9-8-12-26(19-24)36(4,33)34)30-18-17-29(35-27(30)31,20-28(2,3)32)25-10-6-5-7-11-25/h5-16,19,21,32H,17-18,20H2,1-4H3. The Bertz CT molecular complexity index is 1330. The molecular formula is C29H33NO5S. The third kappa shape index (κ3) is 5.63. The number of hydrogen-bond acceptors (Lipinski definition) is 5. The quantitative estimate of drug-likeness (QED) is 0.442. The van der Waals surface area contributed by atoms with Crippen LogP contribution in [0, 0.1) is 0 Å². The highest BCUT2D eigenvalue weighted by atomic mass is 32.2. The molecule has 1 amide bonds. The van der Waals surface area contributed by atoms with Crippen LogP contribution in [0.15, 0.2) is 83.8 Å². The molecule has 1 N–H and O–H groups in total. The number of nitrogens with zero attached hydrogens (tertiary/aromatic N) is 1. The minimum absolute atomic E-state index is 0.218. The third-order valence-electron chi connectivity index (χ3n) is 6.75. The van der Waals surface area contributed by atoms with Crippen LogP contribution in [0.5, 0.6) is 0 Å². The van der Waals surface area contributed by atoms with Crippen LogP contribution in [0.3, 0.4) is 0 Å². The number of ether oxygens (including phenoxy) is 1. The number of carbonyl (C=O) groups excluding carboxylic acids is 1. The highest BCUT2D eigenvalue weighted by Crippen LogP contribution is 2.42. The van der Waals surface area contributed by atoms with Crippen LogP contribution in [0.1, 0.15) is 50.8 Å². The molecule has 7 heteroatoms. The molecule has 3 aromatic carbocycles. The Balaban J connectivity index is 1.54. The van der Waals surface area contributed by atoms with Crippen molar-refractivity contribution in [3.8, 4) is 11.1 Å². The van der Waals surface area contributed by atoms with Gasteiger partial charge in [0.15, 0.2) is 9.84 Å². The van der Waals surface area contributed by atoms with Gasteiger partial charge in [0.25, 0.3) is 0 Å². The first-order chi connectivity index (χ1) is 16.9. The van der Waals surface area contributed by atoms with Gasteiger partial charge in [-0.1, -0.05) is 66.7 Å². The second-order valence-corrected chi connectivity index (χ2v) is 12.3. The molecule has 0 spiro atoms. The van der Waals surface area contributed by atoms with Crippen LogP contribution >= 0.6 is 0 Å². The highest BCUT2D eigenvalue weighted by Gasteiger charge is 2.46. The summed E-state index contributed by atoms with van der Waals surface area (Å²) in [5, 5.41) is 10.6. The Kier molecular flexibility index (Phi) is 6.99. The summed E-state index contributed by atoms with van der Waals surface area (Å²) < 4.78 is 29.9. The summed E-state index contributed by atoms with van der Waals surface area (Å²) in [6.45, 7) is 5.91. The van der Waals surface area contributed by atoms with Gasteiger partial charge < -0.3 is 14.7 Å². The van der Waals surface area contributed by atoms with Gasteiger partial charge in [0.05, 0.1) is 16.5 Å². The van der Waals surface area contributed by atoms with Gasteiger partial charge in [0, 0.05) is 25.6 Å². The van der Waals surface area contributed by atoms with Crippen molar-refractivity contribution in [3.05, 3.63) is 90.0 Å². The van der Waals surface area contributed by atoms with Crippen LogP contribution in [-0.2, 0) is 20.2 Å². The van der Waals surface area contributed by atoms with Crippen molar-refractivity contribution in [3.63, 3.8) is 0 Å². The number of aliphatic hydroxyl groups is 1. The highest BCUT2D eigenvalue weighted by molar-refractivity contribution is 7.90. The molecule has 1 aliphatic heterocycles. The minimum Gasteiger partial charge on any atom is -0.438 e. The normalized spacial score (nSPS) is 19.6. The van der Waals surface area contributed by atoms with Crippen LogP contribution in [0.2, 0.25) is 0 Å². The Labute approximate surface area is 213 Å². The summed E-state index contributed by atoms with van der Waals surface area (Å²) in [6.07, 6.45) is 1.65. The molecule has 0 aromatic heterocycles. The van der Waals surface area contributed by atoms with Crippen LogP contribution in [0.4, 0.5) is 4.79 Å². The zero-order valence-electron chi connectivity index (χ0n) is 21.1. The van der Waals surface area contributed by atoms with Crippen molar-refractivity contribution in [1.82, 2.24) is 4.90 Å². The lowest BCUT2D eigenvalue weighted by Gasteiger charge is -2.45. The molecule has 2 unspecified atom stereocenters. The molecule has 1 heterocycles. The number of cyclic esters (lactones) is 1. The van der Waals surface area contributed by atoms with Crippen molar-refractivity contribution in [1.29, 1.82) is 0 Å². The number of hydrogen-bond donors (Lipinski definition) is 1. The zero-order valence-corrected chi connectivity index (χ0v) is 22.0. The van der Waals surface area contributed by atoms with Gasteiger partial charge in [0.2, 0.25) is 0 Å². The molecule has 190 valence electrons. The lowest BCUT2D eigenvalue weighted by atomic mass is 9.80. The van der Waals surface area contributed by atoms with E-state index in [1.165, 1.54) is 6.26 Å². The van der Waals surface area contributed by atoms with Crippen molar-refractivity contribution in [2.24, 2.45) is 0 Å². The summed E-state index contributed by atoms with van der Waals surface area (Å²) >= 11 is 0. The van der Waals surface area contributed by atoms with Gasteiger partial charge in [-0.15, -0.1) is 0 Å². The monoisotopic (exact) mass is 507 g/mol. The molecular weight excluding hydrogens is 474 g/mol. The molecule has 1 saturated heterocycles. The first kappa shape index (κ1) is 25.9. The predicted octanol–water partition coefficient (Wildman–Crippen LogP) is 5.72. The van der Waals surface area contributed by atoms with Crippen molar-refractivity contribution >= 4 is 15.9 Å². The largest absolute Gasteiger partial charge is 0.438 e. The van der Waals surface area contributed by atoms with E-state index in [0.717, 1.165) is 22.3 Å². The second-order valence-electron chi connectivity index (χ2n) is 10.3. The summed E-state index contributed by atoms with van der Waals surface area (Å²) in [5.74, 6) is 0. The third-order valence-corrected chi connectivity index (χ3v) is 7.86. The number of rotatable bonds is 7. The first-order valence-corrected chi connectivity index (χ1v) is 14.0. The van der Waals surface area contributed by atoms with Gasteiger partial charge in [0.1, 0.15) is 5.60 Å². The van der Waals surface area contributed by atoms with Gasteiger partial charge >= 0.3 is 6.09 Å². The Morgan fingerprint density at radius 2 is 1.67 bits per heavy atom. The number of amides is 1. The Hall–Kier alpha value is -3.16. The van der Waals surface area contributed by atoms with Gasteiger partial charge in [-0.2, -0.15) is 0 Å². The average Bonchev–Trinajstić information content (AvgIpc) is 2.83. The lowest BCUT2D eigenvalue weighted by molar-refractivity contribution is -0.101. The lowest BCUT2D eigenvalue weighted by Crippen LogP contribution is -2.51. The molecule has 6 nitrogen and oxygen atoms in total. The van der Waals surface area contributed by atoms with E-state index in [1.54, 1.807) is 36.9 Å². The van der Waals surface area contributed by atoms with Gasteiger partial charge in [-0.05, 0) is 55.2 Å². The molecule has 36 heavy (non-hydrogen) atoms.